The van der Waals surface area contributed by atoms with Crippen LogP contribution in [0, 0.1) is 23.2 Å². The van der Waals surface area contributed by atoms with Crippen LogP contribution in [0.15, 0.2) is 193 Å². The minimum Gasteiger partial charge on any atom is -0.511 e. The number of aliphatic hydroxyl groups is 4. The van der Waals surface area contributed by atoms with Gasteiger partial charge in [0.05, 0.1) is 36.5 Å². The van der Waals surface area contributed by atoms with Crippen LogP contribution in [-0.4, -0.2) is 225 Å². The Kier molecular flexibility index (Phi) is 46.6. The van der Waals surface area contributed by atoms with E-state index in [0.29, 0.717) is 106 Å². The van der Waals surface area contributed by atoms with Crippen LogP contribution in [0.1, 0.15) is 170 Å². The van der Waals surface area contributed by atoms with Crippen LogP contribution in [0.4, 0.5) is 0 Å². The van der Waals surface area contributed by atoms with E-state index >= 15 is 0 Å². The number of carboxylic acid groups (broad SMARTS) is 2. The summed E-state index contributed by atoms with van der Waals surface area (Å²) in [5.41, 5.74) is 11.2. The van der Waals surface area contributed by atoms with Gasteiger partial charge in [0, 0.05) is 87.0 Å². The molecular formula is C96H130N8O20S. The van der Waals surface area contributed by atoms with Crippen LogP contribution >= 0.6 is 12.6 Å². The number of ketones is 1. The molecule has 12 atom stereocenters. The molecular weight excluding hydrogens is 1620 g/mol. The zero-order valence-corrected chi connectivity index (χ0v) is 74.7. The summed E-state index contributed by atoms with van der Waals surface area (Å²) < 4.78 is 26.6. The minimum atomic E-state index is -0.987. The van der Waals surface area contributed by atoms with Crippen LogP contribution in [0.25, 0.3) is 0 Å². The second kappa shape index (κ2) is 55.5. The predicted molar refractivity (Wildman–Crippen MR) is 482 cm³/mol. The molecule has 0 bridgehead atoms. The second-order valence-electron chi connectivity index (χ2n) is 32.3. The molecule has 10 rings (SSSR count). The van der Waals surface area contributed by atoms with Crippen molar-refractivity contribution >= 4 is 60.0 Å². The number of aliphatic carboxylic acids is 2. The topological polar surface area (TPSA) is 429 Å². The number of para-hydroxylation sites is 1. The number of ether oxygens (including phenoxy) is 5. The average Bonchev–Trinajstić information content (AvgIpc) is 1.53. The first-order valence-electron chi connectivity index (χ1n) is 42.5. The largest absolute Gasteiger partial charge is 0.511 e. The average molecular weight is 1750 g/mol. The molecule has 0 radical (unpaired) electrons. The summed E-state index contributed by atoms with van der Waals surface area (Å²) in [6.07, 6.45) is 11.3. The van der Waals surface area contributed by atoms with Crippen molar-refractivity contribution in [2.45, 2.75) is 206 Å². The van der Waals surface area contributed by atoms with Crippen molar-refractivity contribution in [2.24, 2.45) is 17.6 Å². The number of phenols is 1. The van der Waals surface area contributed by atoms with Gasteiger partial charge in [0.25, 0.3) is 5.91 Å². The van der Waals surface area contributed by atoms with Gasteiger partial charge < -0.3 is 95.7 Å². The van der Waals surface area contributed by atoms with Gasteiger partial charge in [-0.3, -0.25) is 29.3 Å². The highest BCUT2D eigenvalue weighted by molar-refractivity contribution is 7.80. The van der Waals surface area contributed by atoms with E-state index in [-0.39, 0.29) is 71.8 Å². The summed E-state index contributed by atoms with van der Waals surface area (Å²) in [5.74, 6) is -3.84. The number of fused-ring (bicyclic) bond motifs is 1. The number of hydrogen-bond donors (Lipinski definition) is 13. The smallest absolute Gasteiger partial charge is 0.326 e. The fourth-order valence-corrected chi connectivity index (χ4v) is 13.8. The quantitative estimate of drug-likeness (QED) is 0.0126. The number of nitriles is 1. The maximum atomic E-state index is 12.7. The summed E-state index contributed by atoms with van der Waals surface area (Å²) in [7, 11) is 1.70. The highest BCUT2D eigenvalue weighted by Crippen LogP contribution is 2.40. The molecule has 2 saturated heterocycles. The molecule has 0 saturated carbocycles. The number of rotatable bonds is 38. The van der Waals surface area contributed by atoms with Crippen LogP contribution in [-0.2, 0) is 67.0 Å². The Hall–Kier alpha value is -10.8. The first-order valence-corrected chi connectivity index (χ1v) is 43.1. The molecule has 3 amide bonds. The number of thiol groups is 1. The van der Waals surface area contributed by atoms with E-state index in [0.717, 1.165) is 49.2 Å². The van der Waals surface area contributed by atoms with Crippen LogP contribution < -0.4 is 36.5 Å². The molecule has 6 aromatic carbocycles. The number of methoxy groups -OCH3 is 1. The van der Waals surface area contributed by atoms with E-state index in [2.05, 4.69) is 59.0 Å². The summed E-state index contributed by atoms with van der Waals surface area (Å²) in [6.45, 7) is 22.7. The lowest BCUT2D eigenvalue weighted by atomic mass is 9.78. The molecule has 28 nitrogen and oxygen atoms in total. The predicted octanol–water partition coefficient (Wildman–Crippen LogP) is 10.9. The van der Waals surface area contributed by atoms with Crippen LogP contribution in [0.3, 0.4) is 0 Å². The summed E-state index contributed by atoms with van der Waals surface area (Å²) in [4.78, 5) is 97.1. The normalized spacial score (nSPS) is 17.5. The Morgan fingerprint density at radius 1 is 0.680 bits per heavy atom. The number of β-amino-alcohol motifs (C(OH)–C–C–N with tert-alkyl or cyclic N) is 1. The van der Waals surface area contributed by atoms with Gasteiger partial charge in [0.2, 0.25) is 11.8 Å². The summed E-state index contributed by atoms with van der Waals surface area (Å²) in [5, 5.41) is 89.7. The maximum absolute atomic E-state index is 12.7. The number of hydrogen-bond acceptors (Lipinski definition) is 24. The third-order valence-electron chi connectivity index (χ3n) is 20.6. The fourth-order valence-electron chi connectivity index (χ4n) is 13.6. The molecule has 125 heavy (non-hydrogen) atoms. The summed E-state index contributed by atoms with van der Waals surface area (Å²) in [6, 6.07) is 48.6. The zero-order valence-electron chi connectivity index (χ0n) is 73.8. The SMILES string of the molecule is CC(=O)CC(c1ccccc1)C1C(=O)OC2C=CC=CC2=C1O.CC(C)(C)NCC(O)COc1ccccc1C#N.CC(CCc1ccccc1)NCC(O)c1ccc(O)c(C(N)=O)c1.CC(CS)C(=O)N1CCCC1C(=O)O.CCOC(=O)C(CCc1ccccc1)NC(C)C(=O)N1CCCC1C(=O)O.COCCc1ccc(OCC(O)CNC(C)C)cc1. The maximum Gasteiger partial charge on any atom is 0.326 e. The number of benzene rings is 6. The van der Waals surface area contributed by atoms with Crippen LogP contribution in [0.5, 0.6) is 17.2 Å². The number of nitrogens with one attached hydrogen (secondary N) is 4. The van der Waals surface area contributed by atoms with E-state index in [1.165, 1.54) is 40.0 Å². The van der Waals surface area contributed by atoms with Gasteiger partial charge in [-0.2, -0.15) is 17.9 Å². The van der Waals surface area contributed by atoms with Gasteiger partial charge in [-0.25, -0.2) is 9.59 Å². The molecule has 3 heterocycles. The Morgan fingerprint density at radius 3 is 1.79 bits per heavy atom. The number of likely N-dealkylation sites (tertiary alicyclic amines) is 2. The molecule has 0 aromatic heterocycles. The number of esters is 2. The van der Waals surface area contributed by atoms with Gasteiger partial charge >= 0.3 is 23.9 Å². The Morgan fingerprint density at radius 2 is 1.24 bits per heavy atom. The molecule has 29 heteroatoms. The summed E-state index contributed by atoms with van der Waals surface area (Å²) >= 11 is 4.03. The van der Waals surface area contributed by atoms with E-state index in [1.54, 1.807) is 82.5 Å². The second-order valence-corrected chi connectivity index (χ2v) is 32.7. The highest BCUT2D eigenvalue weighted by Gasteiger charge is 2.43. The molecule has 13 N–H and O–H groups in total. The van der Waals surface area contributed by atoms with E-state index in [4.69, 9.17) is 39.8 Å². The number of nitrogens with zero attached hydrogens (tertiary/aromatic N) is 3. The lowest BCUT2D eigenvalue weighted by Crippen LogP contribution is -2.53. The van der Waals surface area contributed by atoms with E-state index in [9.17, 15) is 69.0 Å². The molecule has 12 unspecified atom stereocenters. The van der Waals surface area contributed by atoms with Crippen molar-refractivity contribution in [1.82, 2.24) is 31.1 Å². The molecule has 680 valence electrons. The molecule has 6 aromatic rings. The van der Waals surface area contributed by atoms with Crippen molar-refractivity contribution in [1.29, 1.82) is 5.26 Å². The molecule has 1 aliphatic carbocycles. The lowest BCUT2D eigenvalue weighted by molar-refractivity contribution is -0.153. The molecule has 2 fully saturated rings. The Balaban J connectivity index is 0.000000269. The minimum absolute atomic E-state index is 0.00181. The molecule has 3 aliphatic heterocycles. The van der Waals surface area contributed by atoms with Crippen molar-refractivity contribution in [2.75, 3.05) is 72.0 Å². The third-order valence-corrected chi connectivity index (χ3v) is 21.1. The zero-order chi connectivity index (χ0) is 92.1. The van der Waals surface area contributed by atoms with Gasteiger partial charge in [-0.05, 0) is 177 Å². The van der Waals surface area contributed by atoms with Gasteiger partial charge in [-0.1, -0.05) is 160 Å². The number of primary amides is 1. The van der Waals surface area contributed by atoms with Crippen LogP contribution in [0.2, 0.25) is 0 Å². The molecule has 0 spiro atoms. The monoisotopic (exact) mass is 1750 g/mol. The lowest BCUT2D eigenvalue weighted by Gasteiger charge is -2.33. The Bertz CT molecular complexity index is 4450. The number of carbonyl (C=O) groups is 8. The van der Waals surface area contributed by atoms with Gasteiger partial charge in [-0.15, -0.1) is 0 Å². The van der Waals surface area contributed by atoms with Crippen molar-refractivity contribution in [3.8, 4) is 23.3 Å². The van der Waals surface area contributed by atoms with Crippen molar-refractivity contribution in [3.63, 3.8) is 0 Å². The van der Waals surface area contributed by atoms with Crippen molar-refractivity contribution < 1.29 is 97.8 Å². The van der Waals surface area contributed by atoms with E-state index < -0.39 is 90.2 Å². The standard InChI is InChI=1S/C20H28N2O5.C19H24N2O3.C19H18O4.C15H25NO3.C14H20N2O2.C9H15NO3S/c1-3-27-20(26)16(12-11-15-8-5-4-6-9-15)21-14(2)18(23)22-13-7-10-17(22)19(24)25;1-13(7-8-14-5-3-2-4-6-14)21-12-18(23)15-9-10-17(22)16(11-15)19(20)24;1-12(20)11-15(13-7-3-2-4-8-13)17-18(21)14-9-5-6-10-16(14)23-19(17)22;1-12(2)16-10-14(17)11-19-15-6-4-13(5-7-15)8-9-18-3;1-14(2,3)16-9-12(17)10-18-13-7-5-4-6-11(13)8-15;1-6(5-14)8(11)10-4-2-3-7(10)9(12)13/h4-6,8-9,14,16-17,21H,3,7,10-13H2,1-2H3,(H,24,25);2-6,9-11,13,18,21-23H,7-8,12H2,1H3,(H2,20,24);2-10,15-17,21H,11H2,1H3;4-7,12,14,16-17H,8-11H2,1-3H3;4-7,12,16-17H,9-10H2,1-3H3;6-7,14H,2-5H2,1H3,(H,12,13). The first-order chi connectivity index (χ1) is 59.6. The van der Waals surface area contributed by atoms with Crippen molar-refractivity contribution in [3.05, 3.63) is 232 Å². The number of Topliss-reactive ketones (excluding diaryl/α,β-unsaturated/α-hetero) is 1. The molecule has 4 aliphatic rings. The number of amides is 3. The fraction of sp³-hybridized carbons (Fsp3) is 0.469. The number of allylic oxidation sites excluding steroid dienone is 2. The number of aromatic hydroxyl groups is 1. The highest BCUT2D eigenvalue weighted by atomic mass is 32.1. The first kappa shape index (κ1) is 105. The number of carboxylic acids is 2. The van der Waals surface area contributed by atoms with Gasteiger partial charge in [0.1, 0.15) is 90.4 Å². The van der Waals surface area contributed by atoms with Gasteiger partial charge in [0.15, 0.2) is 0 Å². The number of nitrogens with two attached hydrogens (primary N) is 1. The number of aryl methyl sites for hydroxylation is 2. The Labute approximate surface area is 741 Å². The number of carbonyl (C=O) groups excluding carboxylic acids is 6. The number of aliphatic hydroxyl groups excluding tert-OH is 4. The van der Waals surface area contributed by atoms with E-state index in [1.807, 2.05) is 138 Å². The third kappa shape index (κ3) is 37.5.